The number of nitrogens with one attached hydrogen (secondary N) is 1. The third-order valence-corrected chi connectivity index (χ3v) is 5.83. The minimum Gasteiger partial charge on any atom is -0.310 e. The van der Waals surface area contributed by atoms with Gasteiger partial charge >= 0.3 is 0 Å². The molecule has 1 saturated carbocycles. The summed E-state index contributed by atoms with van der Waals surface area (Å²) in [7, 11) is -1.75. The summed E-state index contributed by atoms with van der Waals surface area (Å²) in [5, 5.41) is 3.45. The molecule has 0 aromatic heterocycles. The number of nitrogens with zero attached hydrogens (tertiary/aromatic N) is 1. The Labute approximate surface area is 128 Å². The van der Waals surface area contributed by atoms with E-state index in [1.54, 1.807) is 13.1 Å². The summed E-state index contributed by atoms with van der Waals surface area (Å²) in [6, 6.07) is 6.18. The maximum atomic E-state index is 12.7. The molecule has 1 fully saturated rings. The Morgan fingerprint density at radius 3 is 2.57 bits per heavy atom. The van der Waals surface area contributed by atoms with E-state index >= 15 is 0 Å². The molecule has 1 N–H and O–H groups in total. The van der Waals surface area contributed by atoms with Crippen LogP contribution in [0.3, 0.4) is 0 Å². The normalized spacial score (nSPS) is 15.9. The SMILES string of the molecule is Cc1c(CNC2CC2)cccc1S(=O)(=O)N(C)CC(C)C. The zero-order valence-electron chi connectivity index (χ0n) is 13.4. The zero-order chi connectivity index (χ0) is 15.6. The molecule has 1 aromatic carbocycles. The van der Waals surface area contributed by atoms with Gasteiger partial charge in [0.1, 0.15) is 0 Å². The molecule has 0 aliphatic heterocycles. The van der Waals surface area contributed by atoms with Crippen LogP contribution in [0.15, 0.2) is 23.1 Å². The summed E-state index contributed by atoms with van der Waals surface area (Å²) in [5.74, 6) is 0.310. The monoisotopic (exact) mass is 310 g/mol. The molecule has 0 unspecified atom stereocenters. The van der Waals surface area contributed by atoms with E-state index in [4.69, 9.17) is 0 Å². The Balaban J connectivity index is 2.23. The van der Waals surface area contributed by atoms with E-state index in [0.717, 1.165) is 17.7 Å². The largest absolute Gasteiger partial charge is 0.310 e. The molecule has 2 rings (SSSR count). The second kappa shape index (κ2) is 6.46. The first-order valence-corrected chi connectivity index (χ1v) is 9.04. The highest BCUT2D eigenvalue weighted by atomic mass is 32.2. The molecule has 5 heteroatoms. The molecule has 0 bridgehead atoms. The summed E-state index contributed by atoms with van der Waals surface area (Å²) in [4.78, 5) is 0.431. The van der Waals surface area contributed by atoms with Gasteiger partial charge in [0.25, 0.3) is 0 Å². The third kappa shape index (κ3) is 4.05. The number of rotatable bonds is 7. The Morgan fingerprint density at radius 2 is 2.00 bits per heavy atom. The van der Waals surface area contributed by atoms with Crippen molar-refractivity contribution in [1.29, 1.82) is 0 Å². The van der Waals surface area contributed by atoms with Gasteiger partial charge in [0, 0.05) is 26.2 Å². The van der Waals surface area contributed by atoms with Crippen LogP contribution in [0, 0.1) is 12.8 Å². The van der Waals surface area contributed by atoms with Crippen molar-refractivity contribution < 1.29 is 8.42 Å². The van der Waals surface area contributed by atoms with Crippen LogP contribution in [0.25, 0.3) is 0 Å². The maximum absolute atomic E-state index is 12.7. The smallest absolute Gasteiger partial charge is 0.243 e. The average molecular weight is 310 g/mol. The van der Waals surface area contributed by atoms with E-state index in [1.807, 2.05) is 32.9 Å². The van der Waals surface area contributed by atoms with Crippen LogP contribution in [-0.2, 0) is 16.6 Å². The first kappa shape index (κ1) is 16.5. The van der Waals surface area contributed by atoms with E-state index in [0.29, 0.717) is 23.4 Å². The minimum absolute atomic E-state index is 0.310. The van der Waals surface area contributed by atoms with Crippen LogP contribution < -0.4 is 5.32 Å². The van der Waals surface area contributed by atoms with Crippen molar-refractivity contribution in [2.24, 2.45) is 5.92 Å². The highest BCUT2D eigenvalue weighted by Gasteiger charge is 2.25. The quantitative estimate of drug-likeness (QED) is 0.842. The second-order valence-electron chi connectivity index (χ2n) is 6.37. The van der Waals surface area contributed by atoms with E-state index < -0.39 is 10.0 Å². The van der Waals surface area contributed by atoms with Crippen LogP contribution >= 0.6 is 0 Å². The van der Waals surface area contributed by atoms with Crippen LogP contribution in [-0.4, -0.2) is 32.4 Å². The summed E-state index contributed by atoms with van der Waals surface area (Å²) in [6.07, 6.45) is 2.46. The summed E-state index contributed by atoms with van der Waals surface area (Å²) in [5.41, 5.74) is 1.93. The number of sulfonamides is 1. The molecule has 1 aliphatic carbocycles. The molecule has 4 nitrogen and oxygen atoms in total. The van der Waals surface area contributed by atoms with Crippen molar-refractivity contribution in [2.75, 3.05) is 13.6 Å². The van der Waals surface area contributed by atoms with Crippen molar-refractivity contribution in [3.8, 4) is 0 Å². The molecule has 1 aromatic rings. The summed E-state index contributed by atoms with van der Waals surface area (Å²) < 4.78 is 26.8. The van der Waals surface area contributed by atoms with Gasteiger partial charge in [0.15, 0.2) is 0 Å². The predicted molar refractivity (Wildman–Crippen MR) is 85.7 cm³/mol. The third-order valence-electron chi connectivity index (χ3n) is 3.87. The van der Waals surface area contributed by atoms with Gasteiger partial charge in [-0.1, -0.05) is 26.0 Å². The van der Waals surface area contributed by atoms with Gasteiger partial charge in [0.05, 0.1) is 4.90 Å². The number of hydrogen-bond donors (Lipinski definition) is 1. The first-order chi connectivity index (χ1) is 9.82. The minimum atomic E-state index is -3.40. The van der Waals surface area contributed by atoms with Crippen molar-refractivity contribution in [3.05, 3.63) is 29.3 Å². The Bertz CT molecular complexity index is 592. The average Bonchev–Trinajstić information content (AvgIpc) is 3.20. The fourth-order valence-electron chi connectivity index (χ4n) is 2.45. The Morgan fingerprint density at radius 1 is 1.33 bits per heavy atom. The fourth-order valence-corrected chi connectivity index (χ4v) is 4.05. The molecule has 0 amide bonds. The number of hydrogen-bond acceptors (Lipinski definition) is 3. The van der Waals surface area contributed by atoms with Gasteiger partial charge in [-0.05, 0) is 42.9 Å². The molecular formula is C16H26N2O2S. The molecule has 0 saturated heterocycles. The summed E-state index contributed by atoms with van der Waals surface area (Å²) >= 11 is 0. The molecule has 0 heterocycles. The molecular weight excluding hydrogens is 284 g/mol. The lowest BCUT2D eigenvalue weighted by atomic mass is 10.1. The van der Waals surface area contributed by atoms with Crippen LogP contribution in [0.1, 0.15) is 37.8 Å². The molecule has 118 valence electrons. The van der Waals surface area contributed by atoms with Gasteiger partial charge in [-0.15, -0.1) is 0 Å². The molecule has 0 spiro atoms. The second-order valence-corrected chi connectivity index (χ2v) is 8.39. The first-order valence-electron chi connectivity index (χ1n) is 7.60. The zero-order valence-corrected chi connectivity index (χ0v) is 14.2. The number of benzene rings is 1. The molecule has 1 aliphatic rings. The lowest BCUT2D eigenvalue weighted by Crippen LogP contribution is -2.31. The van der Waals surface area contributed by atoms with Gasteiger partial charge < -0.3 is 5.32 Å². The Kier molecular flexibility index (Phi) is 5.07. The Hall–Kier alpha value is -0.910. The van der Waals surface area contributed by atoms with Crippen molar-refractivity contribution >= 4 is 10.0 Å². The van der Waals surface area contributed by atoms with E-state index in [2.05, 4.69) is 5.32 Å². The van der Waals surface area contributed by atoms with Crippen LogP contribution in [0.4, 0.5) is 0 Å². The van der Waals surface area contributed by atoms with Crippen molar-refractivity contribution in [3.63, 3.8) is 0 Å². The standard InChI is InChI=1S/C16H26N2O2S/c1-12(2)11-18(4)21(19,20)16-7-5-6-14(13(16)3)10-17-15-8-9-15/h5-7,12,15,17H,8-11H2,1-4H3. The lowest BCUT2D eigenvalue weighted by molar-refractivity contribution is 0.417. The van der Waals surface area contributed by atoms with Crippen molar-refractivity contribution in [1.82, 2.24) is 9.62 Å². The molecule has 0 radical (unpaired) electrons. The van der Waals surface area contributed by atoms with Gasteiger partial charge in [-0.25, -0.2) is 12.7 Å². The fraction of sp³-hybridized carbons (Fsp3) is 0.625. The molecule has 0 atom stereocenters. The van der Waals surface area contributed by atoms with Gasteiger partial charge in [-0.3, -0.25) is 0 Å². The molecule has 21 heavy (non-hydrogen) atoms. The van der Waals surface area contributed by atoms with Gasteiger partial charge in [-0.2, -0.15) is 0 Å². The predicted octanol–water partition coefficient (Wildman–Crippen LogP) is 2.52. The van der Waals surface area contributed by atoms with E-state index in [9.17, 15) is 8.42 Å². The van der Waals surface area contributed by atoms with Crippen LogP contribution in [0.2, 0.25) is 0 Å². The highest BCUT2D eigenvalue weighted by molar-refractivity contribution is 7.89. The maximum Gasteiger partial charge on any atom is 0.243 e. The topological polar surface area (TPSA) is 49.4 Å². The van der Waals surface area contributed by atoms with E-state index in [1.165, 1.54) is 17.1 Å². The van der Waals surface area contributed by atoms with Crippen molar-refractivity contribution in [2.45, 2.75) is 51.1 Å². The van der Waals surface area contributed by atoms with E-state index in [-0.39, 0.29) is 0 Å². The van der Waals surface area contributed by atoms with Gasteiger partial charge in [0.2, 0.25) is 10.0 Å². The summed E-state index contributed by atoms with van der Waals surface area (Å²) in [6.45, 7) is 7.23. The lowest BCUT2D eigenvalue weighted by Gasteiger charge is -2.21. The highest BCUT2D eigenvalue weighted by Crippen LogP contribution is 2.24. The van der Waals surface area contributed by atoms with Crippen LogP contribution in [0.5, 0.6) is 0 Å².